The number of likely N-dealkylation sites (N-methyl/N-ethyl adjacent to an activating group) is 1. The summed E-state index contributed by atoms with van der Waals surface area (Å²) in [5, 5.41) is 2.61. The molecule has 0 aliphatic carbocycles. The van der Waals surface area contributed by atoms with Crippen molar-refractivity contribution in [2.45, 2.75) is 12.8 Å². The van der Waals surface area contributed by atoms with Crippen LogP contribution in [0.3, 0.4) is 0 Å². The third kappa shape index (κ3) is 6.10. The van der Waals surface area contributed by atoms with E-state index in [9.17, 15) is 4.79 Å². The molecule has 0 bridgehead atoms. The maximum atomic E-state index is 10.8. The summed E-state index contributed by atoms with van der Waals surface area (Å²) in [7, 11) is 1.68. The molecule has 1 fully saturated rings. The Morgan fingerprint density at radius 1 is 1.54 bits per heavy atom. The van der Waals surface area contributed by atoms with E-state index in [2.05, 4.69) is 16.0 Å². The van der Waals surface area contributed by atoms with Crippen LogP contribution in [0.25, 0.3) is 0 Å². The van der Waals surface area contributed by atoms with Crippen LogP contribution in [-0.4, -0.2) is 43.9 Å². The number of nitrogens with zero attached hydrogens (tertiary/aromatic N) is 1. The van der Waals surface area contributed by atoms with Crippen molar-refractivity contribution in [3.05, 3.63) is 0 Å². The summed E-state index contributed by atoms with van der Waals surface area (Å²) < 4.78 is 0. The van der Waals surface area contributed by atoms with Gasteiger partial charge in [-0.3, -0.25) is 14.5 Å². The van der Waals surface area contributed by atoms with E-state index in [0.717, 1.165) is 13.1 Å². The second kappa shape index (κ2) is 7.54. The molecule has 0 radical (unpaired) electrons. The van der Waals surface area contributed by atoms with Gasteiger partial charge in [0.15, 0.2) is 0 Å². The van der Waals surface area contributed by atoms with E-state index in [4.69, 9.17) is 4.79 Å². The van der Waals surface area contributed by atoms with Crippen molar-refractivity contribution >= 4 is 12.3 Å². The molecule has 1 aliphatic heterocycles. The quantitative estimate of drug-likeness (QED) is 0.540. The van der Waals surface area contributed by atoms with Gasteiger partial charge < -0.3 is 11.1 Å². The predicted molar refractivity (Wildman–Crippen MR) is 50.0 cm³/mol. The van der Waals surface area contributed by atoms with Crippen molar-refractivity contribution in [2.75, 3.05) is 26.7 Å². The lowest BCUT2D eigenvalue weighted by atomic mass is 10.4. The van der Waals surface area contributed by atoms with Gasteiger partial charge in [0, 0.05) is 7.05 Å². The molecule has 13 heavy (non-hydrogen) atoms. The van der Waals surface area contributed by atoms with Gasteiger partial charge in [0.2, 0.25) is 12.3 Å². The van der Waals surface area contributed by atoms with Gasteiger partial charge in [-0.15, -0.1) is 0 Å². The number of likely N-dealkylation sites (tertiary alicyclic amines) is 1. The van der Waals surface area contributed by atoms with Crippen molar-refractivity contribution in [3.63, 3.8) is 0 Å². The fourth-order valence-corrected chi connectivity index (χ4v) is 1.22. The molecule has 1 rings (SSSR count). The standard InChI is InChI=1S/C7H14N2O.CH3NO/c1-8-7(10)6-9-4-2-3-5-9;2-1-3/h2-6H2,1H3,(H,8,10);1H,(H2,2,3). The zero-order valence-electron chi connectivity index (χ0n) is 7.95. The van der Waals surface area contributed by atoms with Crippen molar-refractivity contribution in [1.82, 2.24) is 10.2 Å². The molecule has 1 heterocycles. The first-order valence-corrected chi connectivity index (χ1v) is 4.33. The maximum absolute atomic E-state index is 10.8. The van der Waals surface area contributed by atoms with Crippen LogP contribution in [0, 0.1) is 0 Å². The zero-order chi connectivity index (χ0) is 10.1. The highest BCUT2D eigenvalue weighted by atomic mass is 16.2. The molecule has 76 valence electrons. The van der Waals surface area contributed by atoms with Crippen LogP contribution in [0.2, 0.25) is 0 Å². The van der Waals surface area contributed by atoms with Crippen molar-refractivity contribution in [1.29, 1.82) is 0 Å². The number of hydrogen-bond donors (Lipinski definition) is 2. The van der Waals surface area contributed by atoms with Gasteiger partial charge in [0.25, 0.3) is 0 Å². The third-order valence-electron chi connectivity index (χ3n) is 1.84. The molecule has 5 nitrogen and oxygen atoms in total. The Morgan fingerprint density at radius 3 is 2.38 bits per heavy atom. The van der Waals surface area contributed by atoms with Crippen molar-refractivity contribution in [3.8, 4) is 0 Å². The molecule has 3 N–H and O–H groups in total. The normalized spacial score (nSPS) is 15.8. The highest BCUT2D eigenvalue weighted by Crippen LogP contribution is 2.05. The molecular formula is C8H17N3O2. The van der Waals surface area contributed by atoms with Gasteiger partial charge in [0.1, 0.15) is 0 Å². The molecule has 1 aliphatic rings. The van der Waals surface area contributed by atoms with Crippen LogP contribution in [0.1, 0.15) is 12.8 Å². The predicted octanol–water partition coefficient (Wildman–Crippen LogP) is -1.07. The summed E-state index contributed by atoms with van der Waals surface area (Å²) in [6.45, 7) is 2.76. The van der Waals surface area contributed by atoms with Gasteiger partial charge in [-0.05, 0) is 25.9 Å². The second-order valence-corrected chi connectivity index (χ2v) is 2.79. The van der Waals surface area contributed by atoms with Crippen LogP contribution in [0.15, 0.2) is 0 Å². The molecule has 0 atom stereocenters. The minimum Gasteiger partial charge on any atom is -0.372 e. The van der Waals surface area contributed by atoms with Crippen LogP contribution in [-0.2, 0) is 9.59 Å². The highest BCUT2D eigenvalue weighted by molar-refractivity contribution is 5.77. The largest absolute Gasteiger partial charge is 0.372 e. The monoisotopic (exact) mass is 187 g/mol. The lowest BCUT2D eigenvalue weighted by Crippen LogP contribution is -2.33. The summed E-state index contributed by atoms with van der Waals surface area (Å²) in [5.74, 6) is 0.127. The Labute approximate surface area is 78.3 Å². The van der Waals surface area contributed by atoms with Gasteiger partial charge in [-0.2, -0.15) is 0 Å². The Bertz CT molecular complexity index is 155. The Kier molecular flexibility index (Phi) is 6.91. The van der Waals surface area contributed by atoms with Crippen LogP contribution in [0.5, 0.6) is 0 Å². The smallest absolute Gasteiger partial charge is 0.233 e. The summed E-state index contributed by atoms with van der Waals surface area (Å²) in [5.41, 5.74) is 4.17. The van der Waals surface area contributed by atoms with Gasteiger partial charge in [0.05, 0.1) is 6.54 Å². The molecule has 0 saturated carbocycles. The fraction of sp³-hybridized carbons (Fsp3) is 0.750. The highest BCUT2D eigenvalue weighted by Gasteiger charge is 2.13. The molecule has 1 saturated heterocycles. The summed E-state index contributed by atoms with van der Waals surface area (Å²) in [6.07, 6.45) is 2.74. The summed E-state index contributed by atoms with van der Waals surface area (Å²) >= 11 is 0. The van der Waals surface area contributed by atoms with Gasteiger partial charge in [-0.25, -0.2) is 0 Å². The van der Waals surface area contributed by atoms with E-state index >= 15 is 0 Å². The molecule has 0 aromatic carbocycles. The molecule has 0 aromatic rings. The van der Waals surface area contributed by atoms with Crippen molar-refractivity contribution < 1.29 is 9.59 Å². The summed E-state index contributed by atoms with van der Waals surface area (Å²) in [6, 6.07) is 0. The van der Waals surface area contributed by atoms with Crippen LogP contribution in [0.4, 0.5) is 0 Å². The van der Waals surface area contributed by atoms with E-state index in [0.29, 0.717) is 6.54 Å². The number of carbonyl (C=O) groups is 2. The number of amides is 2. The number of primary amides is 1. The van der Waals surface area contributed by atoms with Gasteiger partial charge >= 0.3 is 0 Å². The minimum absolute atomic E-state index is 0.127. The number of nitrogens with one attached hydrogen (secondary N) is 1. The zero-order valence-corrected chi connectivity index (χ0v) is 7.95. The molecule has 0 spiro atoms. The SMILES string of the molecule is CNC(=O)CN1CCCC1.NC=O. The first kappa shape index (κ1) is 11.9. The minimum atomic E-state index is 0.127. The third-order valence-corrected chi connectivity index (χ3v) is 1.84. The first-order chi connectivity index (χ1) is 6.24. The van der Waals surface area contributed by atoms with Gasteiger partial charge in [-0.1, -0.05) is 0 Å². The van der Waals surface area contributed by atoms with E-state index < -0.39 is 0 Å². The van der Waals surface area contributed by atoms with E-state index in [1.54, 1.807) is 7.05 Å². The molecular weight excluding hydrogens is 170 g/mol. The molecule has 2 amide bonds. The number of rotatable bonds is 2. The van der Waals surface area contributed by atoms with E-state index in [1.807, 2.05) is 0 Å². The Morgan fingerprint density at radius 2 is 2.00 bits per heavy atom. The topological polar surface area (TPSA) is 75.4 Å². The lowest BCUT2D eigenvalue weighted by Gasteiger charge is -2.11. The lowest BCUT2D eigenvalue weighted by molar-refractivity contribution is -0.121. The number of nitrogens with two attached hydrogens (primary N) is 1. The number of hydrogen-bond acceptors (Lipinski definition) is 3. The molecule has 0 aromatic heterocycles. The molecule has 0 unspecified atom stereocenters. The maximum Gasteiger partial charge on any atom is 0.233 e. The van der Waals surface area contributed by atoms with Crippen LogP contribution < -0.4 is 11.1 Å². The summed E-state index contributed by atoms with van der Waals surface area (Å²) in [4.78, 5) is 21.6. The average Bonchev–Trinajstić information content (AvgIpc) is 2.58. The first-order valence-electron chi connectivity index (χ1n) is 4.33. The average molecular weight is 187 g/mol. The Hall–Kier alpha value is -1.10. The second-order valence-electron chi connectivity index (χ2n) is 2.79. The molecule has 5 heteroatoms. The van der Waals surface area contributed by atoms with Crippen molar-refractivity contribution in [2.24, 2.45) is 5.73 Å². The fourth-order valence-electron chi connectivity index (χ4n) is 1.22. The Balaban J connectivity index is 0.000000424. The van der Waals surface area contributed by atoms with E-state index in [-0.39, 0.29) is 12.3 Å². The van der Waals surface area contributed by atoms with E-state index in [1.165, 1.54) is 12.8 Å². The number of carbonyl (C=O) groups excluding carboxylic acids is 2. The van der Waals surface area contributed by atoms with Crippen LogP contribution >= 0.6 is 0 Å².